The maximum atomic E-state index is 3.88. The lowest BCUT2D eigenvalue weighted by Crippen LogP contribution is -2.41. The largest absolute Gasteiger partial charge is 0.355 e. The minimum atomic E-state index is 1.03. The highest BCUT2D eigenvalue weighted by Crippen LogP contribution is 2.45. The van der Waals surface area contributed by atoms with Gasteiger partial charge in [0, 0.05) is 51.1 Å². The van der Waals surface area contributed by atoms with Gasteiger partial charge in [-0.25, -0.2) is 0 Å². The molecular formula is C62H47BN3. The van der Waals surface area contributed by atoms with Crippen molar-refractivity contribution in [1.29, 1.82) is 0 Å². The highest BCUT2D eigenvalue weighted by Gasteiger charge is 2.31. The summed E-state index contributed by atoms with van der Waals surface area (Å²) in [7, 11) is 2.41. The molecule has 313 valence electrons. The molecule has 3 nitrogen and oxygen atoms in total. The Morgan fingerprint density at radius 2 is 0.939 bits per heavy atom. The summed E-state index contributed by atoms with van der Waals surface area (Å²) in [5.41, 5.74) is 22.9. The number of hydrogen-bond acceptors (Lipinski definition) is 3. The van der Waals surface area contributed by atoms with E-state index >= 15 is 0 Å². The van der Waals surface area contributed by atoms with Gasteiger partial charge < -0.3 is 15.1 Å². The highest BCUT2D eigenvalue weighted by molar-refractivity contribution is 6.73. The Kier molecular flexibility index (Phi) is 10.8. The molecule has 4 heteroatoms. The Bertz CT molecular complexity index is 3290. The maximum absolute atomic E-state index is 3.88. The molecule has 1 aliphatic heterocycles. The quantitative estimate of drug-likeness (QED) is 0.138. The molecule has 0 fully saturated rings. The monoisotopic (exact) mass is 844 g/mol. The van der Waals surface area contributed by atoms with E-state index in [-0.39, 0.29) is 0 Å². The van der Waals surface area contributed by atoms with Gasteiger partial charge >= 0.3 is 0 Å². The Hall–Kier alpha value is -8.34. The van der Waals surface area contributed by atoms with Crippen molar-refractivity contribution in [2.24, 2.45) is 0 Å². The summed E-state index contributed by atoms with van der Waals surface area (Å²) in [5.74, 6) is 0. The van der Waals surface area contributed by atoms with E-state index in [0.717, 1.165) is 67.6 Å². The van der Waals surface area contributed by atoms with Gasteiger partial charge in [0.05, 0.1) is 0 Å². The van der Waals surface area contributed by atoms with E-state index < -0.39 is 0 Å². The first-order valence-electron chi connectivity index (χ1n) is 22.7. The van der Waals surface area contributed by atoms with Gasteiger partial charge in [-0.05, 0) is 154 Å². The standard InChI is InChI=1S/C62H47BN3/c1-43-20-15-16-31-54(43)49-40-56(55-32-17-18-33-58(55)64-50-26-19-25-47(39-50)45-21-7-3-8-22-45)62-61(41-49)66(59-36-34-48(38-44(59)2)46-23-9-4-10-24-46)60-37-35-53(42-57(60)63-62)65(51-27-11-5-12-28-51)52-29-13-6-14-30-52/h3-42,64H,1-2H3. The van der Waals surface area contributed by atoms with Gasteiger partial charge in [-0.15, -0.1) is 0 Å². The summed E-state index contributed by atoms with van der Waals surface area (Å²) in [5, 5.41) is 3.88. The third-order valence-electron chi connectivity index (χ3n) is 12.7. The van der Waals surface area contributed by atoms with Crippen LogP contribution in [0.25, 0.3) is 44.5 Å². The fourth-order valence-corrected chi connectivity index (χ4v) is 9.50. The molecule has 1 N–H and O–H groups in total. The molecule has 0 atom stereocenters. The van der Waals surface area contributed by atoms with Crippen molar-refractivity contribution >= 4 is 63.7 Å². The molecule has 0 saturated heterocycles. The molecule has 0 aliphatic carbocycles. The van der Waals surface area contributed by atoms with E-state index in [1.807, 2.05) is 0 Å². The number of fused-ring (bicyclic) bond motifs is 2. The summed E-state index contributed by atoms with van der Waals surface area (Å²) in [6.07, 6.45) is 0. The molecule has 1 aliphatic rings. The van der Waals surface area contributed by atoms with Crippen LogP contribution in [0.2, 0.25) is 0 Å². The minimum Gasteiger partial charge on any atom is -0.355 e. The van der Waals surface area contributed by atoms with E-state index in [2.05, 4.69) is 279 Å². The number of para-hydroxylation sites is 3. The fourth-order valence-electron chi connectivity index (χ4n) is 9.50. The zero-order valence-corrected chi connectivity index (χ0v) is 37.1. The third-order valence-corrected chi connectivity index (χ3v) is 12.7. The molecule has 11 rings (SSSR count). The second kappa shape index (κ2) is 17.7. The number of nitrogens with one attached hydrogen (secondary N) is 1. The number of anilines is 8. The minimum absolute atomic E-state index is 1.03. The van der Waals surface area contributed by atoms with E-state index in [4.69, 9.17) is 0 Å². The van der Waals surface area contributed by atoms with Crippen LogP contribution < -0.4 is 26.0 Å². The van der Waals surface area contributed by atoms with Gasteiger partial charge in [0.15, 0.2) is 7.28 Å². The molecule has 0 bridgehead atoms. The van der Waals surface area contributed by atoms with Crippen LogP contribution in [0.15, 0.2) is 243 Å². The summed E-state index contributed by atoms with van der Waals surface area (Å²) in [6.45, 7) is 4.46. The van der Waals surface area contributed by atoms with Gasteiger partial charge in [0.2, 0.25) is 0 Å². The molecule has 1 radical (unpaired) electrons. The average Bonchev–Trinajstić information content (AvgIpc) is 3.37. The van der Waals surface area contributed by atoms with Crippen molar-refractivity contribution in [1.82, 2.24) is 0 Å². The van der Waals surface area contributed by atoms with Crippen molar-refractivity contribution in [3.05, 3.63) is 254 Å². The lowest BCUT2D eigenvalue weighted by atomic mass is 9.57. The first-order chi connectivity index (χ1) is 32.6. The predicted octanol–water partition coefficient (Wildman–Crippen LogP) is 15.6. The van der Waals surface area contributed by atoms with Gasteiger partial charge in [-0.2, -0.15) is 0 Å². The Labute approximate surface area is 389 Å². The molecule has 10 aromatic carbocycles. The van der Waals surface area contributed by atoms with Gasteiger partial charge in [-0.3, -0.25) is 0 Å². The zero-order chi connectivity index (χ0) is 44.4. The third kappa shape index (κ3) is 7.84. The molecule has 0 aromatic heterocycles. The van der Waals surface area contributed by atoms with Crippen LogP contribution >= 0.6 is 0 Å². The lowest BCUT2D eigenvalue weighted by molar-refractivity contribution is 1.25. The normalized spacial score (nSPS) is 11.6. The van der Waals surface area contributed by atoms with Gasteiger partial charge in [-0.1, -0.05) is 163 Å². The molecule has 0 saturated carbocycles. The van der Waals surface area contributed by atoms with Gasteiger partial charge in [0.1, 0.15) is 0 Å². The fraction of sp³-hybridized carbons (Fsp3) is 0.0323. The van der Waals surface area contributed by atoms with E-state index in [0.29, 0.717) is 0 Å². The van der Waals surface area contributed by atoms with Crippen molar-refractivity contribution < 1.29 is 0 Å². The van der Waals surface area contributed by atoms with Crippen LogP contribution in [-0.2, 0) is 0 Å². The second-order valence-electron chi connectivity index (χ2n) is 17.0. The number of benzene rings is 10. The van der Waals surface area contributed by atoms with E-state index in [9.17, 15) is 0 Å². The van der Waals surface area contributed by atoms with Gasteiger partial charge in [0.25, 0.3) is 0 Å². The molecular weight excluding hydrogens is 798 g/mol. The van der Waals surface area contributed by atoms with Crippen molar-refractivity contribution in [2.75, 3.05) is 15.1 Å². The van der Waals surface area contributed by atoms with E-state index in [1.165, 1.54) is 44.5 Å². The SMILES string of the molecule is Cc1ccccc1-c1cc(-c2ccccc2Nc2cccc(-c3ccccc3)c2)c2c(c1)N(c1ccc(-c3ccccc3)cc1C)c1ccc(N(c3ccccc3)c3ccccc3)cc1[B]2. The van der Waals surface area contributed by atoms with Crippen molar-refractivity contribution in [3.63, 3.8) is 0 Å². The average molecular weight is 845 g/mol. The first-order valence-corrected chi connectivity index (χ1v) is 22.7. The van der Waals surface area contributed by atoms with Crippen LogP contribution in [0.5, 0.6) is 0 Å². The molecule has 0 amide bonds. The predicted molar refractivity (Wildman–Crippen MR) is 282 cm³/mol. The summed E-state index contributed by atoms with van der Waals surface area (Å²) >= 11 is 0. The summed E-state index contributed by atoms with van der Waals surface area (Å²) in [6, 6.07) is 87.4. The summed E-state index contributed by atoms with van der Waals surface area (Å²) in [4.78, 5) is 4.84. The van der Waals surface area contributed by atoms with Crippen LogP contribution in [-0.4, -0.2) is 7.28 Å². The highest BCUT2D eigenvalue weighted by atomic mass is 15.2. The molecule has 0 unspecified atom stereocenters. The lowest BCUT2D eigenvalue weighted by Gasteiger charge is -2.37. The molecule has 0 spiro atoms. The Morgan fingerprint density at radius 1 is 0.364 bits per heavy atom. The number of rotatable bonds is 10. The smallest absolute Gasteiger partial charge is 0.197 e. The maximum Gasteiger partial charge on any atom is 0.197 e. The van der Waals surface area contributed by atoms with Crippen molar-refractivity contribution in [2.45, 2.75) is 13.8 Å². The van der Waals surface area contributed by atoms with Crippen LogP contribution in [0, 0.1) is 13.8 Å². The first kappa shape index (κ1) is 40.4. The second-order valence-corrected chi connectivity index (χ2v) is 17.0. The molecule has 66 heavy (non-hydrogen) atoms. The van der Waals surface area contributed by atoms with Crippen molar-refractivity contribution in [3.8, 4) is 44.5 Å². The topological polar surface area (TPSA) is 18.5 Å². The van der Waals surface area contributed by atoms with Crippen LogP contribution in [0.4, 0.5) is 45.5 Å². The Morgan fingerprint density at radius 3 is 1.61 bits per heavy atom. The number of aryl methyl sites for hydroxylation is 2. The van der Waals surface area contributed by atoms with E-state index in [1.54, 1.807) is 0 Å². The number of hydrogen-bond donors (Lipinski definition) is 1. The van der Waals surface area contributed by atoms with Crippen LogP contribution in [0.3, 0.4) is 0 Å². The molecule has 1 heterocycles. The van der Waals surface area contributed by atoms with Crippen LogP contribution in [0.1, 0.15) is 11.1 Å². The Balaban J connectivity index is 1.13. The summed E-state index contributed by atoms with van der Waals surface area (Å²) < 4.78 is 0. The molecule has 10 aromatic rings. The number of nitrogens with zero attached hydrogens (tertiary/aromatic N) is 2. The zero-order valence-electron chi connectivity index (χ0n) is 37.1.